The second kappa shape index (κ2) is 4.75. The van der Waals surface area contributed by atoms with Crippen LogP contribution in [0.15, 0.2) is 0 Å². The molecule has 1 rings (SSSR count). The number of Topliss-reactive ketones (excluding diaryl/α,β-unsaturated/α-hetero) is 1. The Kier molecular flexibility index (Phi) is 3.63. The first kappa shape index (κ1) is 10.7. The van der Waals surface area contributed by atoms with Crippen LogP contribution in [0.1, 0.15) is 32.6 Å². The Morgan fingerprint density at radius 2 is 2.21 bits per heavy atom. The molecule has 14 heavy (non-hydrogen) atoms. The van der Waals surface area contributed by atoms with Crippen molar-refractivity contribution in [3.05, 3.63) is 0 Å². The molecular weight excluding hydrogens is 180 g/mol. The van der Waals surface area contributed by atoms with Crippen molar-refractivity contribution in [3.63, 3.8) is 0 Å². The normalized spacial score (nSPS) is 25.4. The monoisotopic (exact) mass is 194 g/mol. The van der Waals surface area contributed by atoms with Gasteiger partial charge in [0.05, 0.1) is 18.4 Å². The van der Waals surface area contributed by atoms with Crippen LogP contribution in [0, 0.1) is 17.2 Å². The van der Waals surface area contributed by atoms with Crippen LogP contribution in [-0.4, -0.2) is 17.7 Å². The SMILES string of the molecule is CC(=O)CC(=O)NC1CCCC1C#N. The molecule has 0 heterocycles. The number of nitrogens with zero attached hydrogens (tertiary/aromatic N) is 1. The van der Waals surface area contributed by atoms with Crippen LogP contribution in [0.3, 0.4) is 0 Å². The van der Waals surface area contributed by atoms with Gasteiger partial charge in [0.1, 0.15) is 5.78 Å². The van der Waals surface area contributed by atoms with Crippen molar-refractivity contribution >= 4 is 11.7 Å². The highest BCUT2D eigenvalue weighted by atomic mass is 16.2. The number of hydrogen-bond acceptors (Lipinski definition) is 3. The van der Waals surface area contributed by atoms with Crippen molar-refractivity contribution in [1.29, 1.82) is 5.26 Å². The summed E-state index contributed by atoms with van der Waals surface area (Å²) in [6, 6.07) is 2.12. The molecule has 1 amide bonds. The Labute approximate surface area is 83.3 Å². The number of ketones is 1. The van der Waals surface area contributed by atoms with Gasteiger partial charge in [-0.15, -0.1) is 0 Å². The minimum absolute atomic E-state index is 0.0492. The third-order valence-corrected chi connectivity index (χ3v) is 2.44. The van der Waals surface area contributed by atoms with Gasteiger partial charge in [-0.1, -0.05) is 0 Å². The molecule has 4 heteroatoms. The molecule has 4 nitrogen and oxygen atoms in total. The lowest BCUT2D eigenvalue weighted by Crippen LogP contribution is -2.37. The molecule has 1 fully saturated rings. The fourth-order valence-corrected chi connectivity index (χ4v) is 1.77. The second-order valence-electron chi connectivity index (χ2n) is 3.72. The average molecular weight is 194 g/mol. The Morgan fingerprint density at radius 1 is 1.50 bits per heavy atom. The largest absolute Gasteiger partial charge is 0.352 e. The summed E-state index contributed by atoms with van der Waals surface area (Å²) in [4.78, 5) is 21.9. The molecule has 0 aliphatic heterocycles. The number of carbonyl (C=O) groups is 2. The lowest BCUT2D eigenvalue weighted by molar-refractivity contribution is -0.127. The van der Waals surface area contributed by atoms with Gasteiger partial charge in [-0.25, -0.2) is 0 Å². The molecule has 0 aromatic rings. The van der Waals surface area contributed by atoms with E-state index in [-0.39, 0.29) is 30.1 Å². The maximum absolute atomic E-state index is 11.2. The average Bonchev–Trinajstić information content (AvgIpc) is 2.50. The quantitative estimate of drug-likeness (QED) is 0.675. The van der Waals surface area contributed by atoms with Gasteiger partial charge in [0.2, 0.25) is 5.91 Å². The van der Waals surface area contributed by atoms with Crippen molar-refractivity contribution in [2.75, 3.05) is 0 Å². The van der Waals surface area contributed by atoms with Gasteiger partial charge in [0.15, 0.2) is 0 Å². The topological polar surface area (TPSA) is 70.0 Å². The summed E-state index contributed by atoms with van der Waals surface area (Å²) in [5.41, 5.74) is 0. The maximum atomic E-state index is 11.2. The van der Waals surface area contributed by atoms with E-state index in [4.69, 9.17) is 5.26 Å². The summed E-state index contributed by atoms with van der Waals surface area (Å²) >= 11 is 0. The number of rotatable bonds is 3. The van der Waals surface area contributed by atoms with E-state index in [0.29, 0.717) is 0 Å². The fraction of sp³-hybridized carbons (Fsp3) is 0.700. The number of carbonyl (C=O) groups excluding carboxylic acids is 2. The molecular formula is C10H14N2O2. The Morgan fingerprint density at radius 3 is 2.79 bits per heavy atom. The van der Waals surface area contributed by atoms with Crippen LogP contribution in [0.4, 0.5) is 0 Å². The molecule has 0 bridgehead atoms. The molecule has 0 saturated heterocycles. The Hall–Kier alpha value is -1.37. The molecule has 1 N–H and O–H groups in total. The molecule has 0 aromatic carbocycles. The first-order valence-corrected chi connectivity index (χ1v) is 4.82. The summed E-state index contributed by atoms with van der Waals surface area (Å²) in [5, 5.41) is 11.5. The summed E-state index contributed by atoms with van der Waals surface area (Å²) in [7, 11) is 0. The van der Waals surface area contributed by atoms with Crippen molar-refractivity contribution in [2.24, 2.45) is 5.92 Å². The van der Waals surface area contributed by atoms with Crippen molar-refractivity contribution in [2.45, 2.75) is 38.6 Å². The van der Waals surface area contributed by atoms with Gasteiger partial charge in [0, 0.05) is 6.04 Å². The molecule has 2 unspecified atom stereocenters. The van der Waals surface area contributed by atoms with Crippen molar-refractivity contribution in [3.8, 4) is 6.07 Å². The van der Waals surface area contributed by atoms with Crippen LogP contribution in [0.2, 0.25) is 0 Å². The summed E-state index contributed by atoms with van der Waals surface area (Å²) < 4.78 is 0. The van der Waals surface area contributed by atoms with Gasteiger partial charge in [0.25, 0.3) is 0 Å². The van der Waals surface area contributed by atoms with E-state index in [1.807, 2.05) is 0 Å². The van der Waals surface area contributed by atoms with E-state index in [0.717, 1.165) is 19.3 Å². The molecule has 1 aliphatic rings. The predicted octanol–water partition coefficient (Wildman–Crippen LogP) is 0.774. The Bertz CT molecular complexity index is 280. The molecule has 2 atom stereocenters. The van der Waals surface area contributed by atoms with Crippen molar-refractivity contribution < 1.29 is 9.59 Å². The lowest BCUT2D eigenvalue weighted by Gasteiger charge is -2.14. The highest BCUT2D eigenvalue weighted by Gasteiger charge is 2.28. The van der Waals surface area contributed by atoms with E-state index in [2.05, 4.69) is 11.4 Å². The number of hydrogen-bond donors (Lipinski definition) is 1. The molecule has 1 aliphatic carbocycles. The van der Waals surface area contributed by atoms with E-state index in [9.17, 15) is 9.59 Å². The molecule has 1 saturated carbocycles. The van der Waals surface area contributed by atoms with Gasteiger partial charge in [-0.05, 0) is 26.2 Å². The summed E-state index contributed by atoms with van der Waals surface area (Å²) in [6.07, 6.45) is 2.60. The number of nitriles is 1. The van der Waals surface area contributed by atoms with Gasteiger partial charge >= 0.3 is 0 Å². The molecule has 0 radical (unpaired) electrons. The minimum Gasteiger partial charge on any atom is -0.352 e. The predicted molar refractivity (Wildman–Crippen MR) is 50.2 cm³/mol. The third-order valence-electron chi connectivity index (χ3n) is 2.44. The van der Waals surface area contributed by atoms with Crippen LogP contribution in [0.25, 0.3) is 0 Å². The lowest BCUT2D eigenvalue weighted by atomic mass is 10.1. The fourth-order valence-electron chi connectivity index (χ4n) is 1.77. The van der Waals surface area contributed by atoms with E-state index < -0.39 is 0 Å². The number of nitrogens with one attached hydrogen (secondary N) is 1. The zero-order chi connectivity index (χ0) is 10.6. The van der Waals surface area contributed by atoms with Gasteiger partial charge in [-0.2, -0.15) is 5.26 Å². The minimum atomic E-state index is -0.260. The second-order valence-corrected chi connectivity index (χ2v) is 3.72. The zero-order valence-electron chi connectivity index (χ0n) is 8.25. The first-order chi connectivity index (χ1) is 6.63. The van der Waals surface area contributed by atoms with Crippen molar-refractivity contribution in [1.82, 2.24) is 5.32 Å². The van der Waals surface area contributed by atoms with E-state index in [1.165, 1.54) is 6.92 Å². The van der Waals surface area contributed by atoms with Crippen LogP contribution in [0.5, 0.6) is 0 Å². The van der Waals surface area contributed by atoms with Gasteiger partial charge in [-0.3, -0.25) is 9.59 Å². The highest BCUT2D eigenvalue weighted by Crippen LogP contribution is 2.24. The highest BCUT2D eigenvalue weighted by molar-refractivity contribution is 5.96. The summed E-state index contributed by atoms with van der Waals surface area (Å²) in [6.45, 7) is 1.38. The van der Waals surface area contributed by atoms with Gasteiger partial charge < -0.3 is 5.32 Å². The van der Waals surface area contributed by atoms with Crippen LogP contribution in [-0.2, 0) is 9.59 Å². The molecule has 76 valence electrons. The zero-order valence-corrected chi connectivity index (χ0v) is 8.25. The smallest absolute Gasteiger partial charge is 0.227 e. The van der Waals surface area contributed by atoms with Crippen LogP contribution < -0.4 is 5.32 Å². The molecule has 0 spiro atoms. The van der Waals surface area contributed by atoms with E-state index >= 15 is 0 Å². The first-order valence-electron chi connectivity index (χ1n) is 4.82. The Balaban J connectivity index is 2.40. The maximum Gasteiger partial charge on any atom is 0.227 e. The van der Waals surface area contributed by atoms with Crippen LogP contribution >= 0.6 is 0 Å². The summed E-state index contributed by atoms with van der Waals surface area (Å²) in [5.74, 6) is -0.482. The number of amides is 1. The van der Waals surface area contributed by atoms with E-state index in [1.54, 1.807) is 0 Å². The standard InChI is InChI=1S/C10H14N2O2/c1-7(13)5-10(14)12-9-4-2-3-8(9)6-11/h8-9H,2-5H2,1H3,(H,12,14). The molecule has 0 aromatic heterocycles. The third kappa shape index (κ3) is 2.84.